The van der Waals surface area contributed by atoms with Crippen LogP contribution in [-0.2, 0) is 16.1 Å². The summed E-state index contributed by atoms with van der Waals surface area (Å²) in [4.78, 5) is 37.1. The first-order chi connectivity index (χ1) is 13.3. The summed E-state index contributed by atoms with van der Waals surface area (Å²) in [6.07, 6.45) is 0. The molecule has 28 heavy (non-hydrogen) atoms. The molecule has 0 aromatic heterocycles. The van der Waals surface area contributed by atoms with E-state index in [2.05, 4.69) is 10.6 Å². The molecule has 0 saturated carbocycles. The highest BCUT2D eigenvalue weighted by molar-refractivity contribution is 6.31. The fourth-order valence-electron chi connectivity index (χ4n) is 2.47. The molecule has 2 aromatic rings. The summed E-state index contributed by atoms with van der Waals surface area (Å²) in [5.74, 6) is -0.318. The number of likely N-dealkylation sites (N-methyl/N-ethyl adjacent to an activating group) is 1. The van der Waals surface area contributed by atoms with Gasteiger partial charge in [0.15, 0.2) is 0 Å². The topological polar surface area (TPSA) is 87.7 Å². The Morgan fingerprint density at radius 3 is 2.39 bits per heavy atom. The third-order valence-corrected chi connectivity index (χ3v) is 4.14. The van der Waals surface area contributed by atoms with Gasteiger partial charge in [0.25, 0.3) is 5.91 Å². The van der Waals surface area contributed by atoms with Gasteiger partial charge in [-0.1, -0.05) is 23.7 Å². The van der Waals surface area contributed by atoms with Gasteiger partial charge in [0.05, 0.1) is 19.3 Å². The van der Waals surface area contributed by atoms with Crippen molar-refractivity contribution in [2.45, 2.75) is 13.5 Å². The van der Waals surface area contributed by atoms with E-state index in [-0.39, 0.29) is 24.3 Å². The Kier molecular flexibility index (Phi) is 7.40. The highest BCUT2D eigenvalue weighted by Gasteiger charge is 2.16. The third kappa shape index (κ3) is 5.99. The van der Waals surface area contributed by atoms with Crippen LogP contribution in [0.3, 0.4) is 0 Å². The van der Waals surface area contributed by atoms with Crippen molar-refractivity contribution in [1.29, 1.82) is 0 Å². The lowest BCUT2D eigenvalue weighted by Crippen LogP contribution is -2.35. The highest BCUT2D eigenvalue weighted by Crippen LogP contribution is 2.27. The molecule has 0 atom stereocenters. The van der Waals surface area contributed by atoms with Crippen LogP contribution >= 0.6 is 11.6 Å². The molecule has 0 fully saturated rings. The third-order valence-electron chi connectivity index (χ3n) is 3.91. The summed E-state index contributed by atoms with van der Waals surface area (Å²) >= 11 is 5.95. The molecular weight excluding hydrogens is 382 g/mol. The van der Waals surface area contributed by atoms with Gasteiger partial charge < -0.3 is 20.3 Å². The molecule has 2 rings (SSSR count). The summed E-state index contributed by atoms with van der Waals surface area (Å²) in [6, 6.07) is 11.7. The van der Waals surface area contributed by atoms with Gasteiger partial charge in [-0.15, -0.1) is 0 Å². The lowest BCUT2D eigenvalue weighted by molar-refractivity contribution is -0.119. The van der Waals surface area contributed by atoms with Crippen LogP contribution in [-0.4, -0.2) is 43.3 Å². The van der Waals surface area contributed by atoms with Crippen LogP contribution in [0.15, 0.2) is 42.5 Å². The van der Waals surface area contributed by atoms with Crippen LogP contribution in [0.5, 0.6) is 5.75 Å². The largest absolute Gasteiger partial charge is 0.495 e. The van der Waals surface area contributed by atoms with Crippen molar-refractivity contribution in [3.05, 3.63) is 58.6 Å². The second-order valence-electron chi connectivity index (χ2n) is 6.16. The van der Waals surface area contributed by atoms with Gasteiger partial charge in [-0.05, 0) is 35.9 Å². The Hall–Kier alpha value is -3.06. The Bertz CT molecular complexity index is 868. The summed E-state index contributed by atoms with van der Waals surface area (Å²) in [5, 5.41) is 5.84. The minimum Gasteiger partial charge on any atom is -0.495 e. The van der Waals surface area contributed by atoms with Crippen molar-refractivity contribution in [3.63, 3.8) is 0 Å². The number of carbonyl (C=O) groups excluding carboxylic acids is 3. The Morgan fingerprint density at radius 2 is 1.79 bits per heavy atom. The molecule has 148 valence electrons. The van der Waals surface area contributed by atoms with Crippen molar-refractivity contribution in [1.82, 2.24) is 10.2 Å². The zero-order chi connectivity index (χ0) is 20.7. The minimum absolute atomic E-state index is 0.123. The molecule has 7 nitrogen and oxygen atoms in total. The molecule has 0 aliphatic rings. The Morgan fingerprint density at radius 1 is 1.11 bits per heavy atom. The fourth-order valence-corrected chi connectivity index (χ4v) is 2.64. The standard InChI is InChI=1S/C20H22ClN3O4/c1-13(25)22-11-14-4-6-15(7-5-14)20(27)24(2)12-19(26)23-17-10-16(21)8-9-18(17)28-3/h4-10H,11-12H2,1-3H3,(H,22,25)(H,23,26). The zero-order valence-electron chi connectivity index (χ0n) is 15.9. The van der Waals surface area contributed by atoms with Crippen LogP contribution in [0.1, 0.15) is 22.8 Å². The highest BCUT2D eigenvalue weighted by atomic mass is 35.5. The molecular formula is C20H22ClN3O4. The second-order valence-corrected chi connectivity index (χ2v) is 6.60. The molecule has 2 aromatic carbocycles. The lowest BCUT2D eigenvalue weighted by Gasteiger charge is -2.18. The van der Waals surface area contributed by atoms with Crippen LogP contribution in [0.4, 0.5) is 5.69 Å². The monoisotopic (exact) mass is 403 g/mol. The number of amides is 3. The van der Waals surface area contributed by atoms with Crippen LogP contribution < -0.4 is 15.4 Å². The number of hydrogen-bond acceptors (Lipinski definition) is 4. The number of nitrogens with zero attached hydrogens (tertiary/aromatic N) is 1. The average molecular weight is 404 g/mol. The number of methoxy groups -OCH3 is 1. The number of anilines is 1. The number of ether oxygens (including phenoxy) is 1. The molecule has 0 aliphatic carbocycles. The average Bonchev–Trinajstić information content (AvgIpc) is 2.66. The first kappa shape index (κ1) is 21.2. The van der Waals surface area contributed by atoms with Gasteiger partial charge in [-0.2, -0.15) is 0 Å². The number of rotatable bonds is 7. The van der Waals surface area contributed by atoms with Crippen molar-refractivity contribution in [2.75, 3.05) is 26.0 Å². The van der Waals surface area contributed by atoms with E-state index in [1.165, 1.54) is 18.9 Å². The maximum Gasteiger partial charge on any atom is 0.254 e. The minimum atomic E-state index is -0.376. The molecule has 0 radical (unpaired) electrons. The first-order valence-corrected chi connectivity index (χ1v) is 8.90. The number of benzene rings is 2. The van der Waals surface area contributed by atoms with E-state index in [0.717, 1.165) is 5.56 Å². The van der Waals surface area contributed by atoms with Gasteiger partial charge in [-0.3, -0.25) is 14.4 Å². The van der Waals surface area contributed by atoms with Gasteiger partial charge in [0.2, 0.25) is 11.8 Å². The van der Waals surface area contributed by atoms with E-state index in [1.807, 2.05) is 0 Å². The number of hydrogen-bond donors (Lipinski definition) is 2. The normalized spacial score (nSPS) is 10.1. The van der Waals surface area contributed by atoms with E-state index in [0.29, 0.717) is 28.6 Å². The maximum atomic E-state index is 12.5. The first-order valence-electron chi connectivity index (χ1n) is 8.52. The maximum absolute atomic E-state index is 12.5. The predicted molar refractivity (Wildman–Crippen MR) is 108 cm³/mol. The molecule has 3 amide bonds. The van der Waals surface area contributed by atoms with E-state index in [1.54, 1.807) is 49.5 Å². The SMILES string of the molecule is COc1ccc(Cl)cc1NC(=O)CN(C)C(=O)c1ccc(CNC(C)=O)cc1. The van der Waals surface area contributed by atoms with E-state index in [9.17, 15) is 14.4 Å². The number of carbonyl (C=O) groups is 3. The molecule has 0 unspecified atom stereocenters. The van der Waals surface area contributed by atoms with E-state index < -0.39 is 0 Å². The van der Waals surface area contributed by atoms with Crippen molar-refractivity contribution in [3.8, 4) is 5.75 Å². The molecule has 2 N–H and O–H groups in total. The summed E-state index contributed by atoms with van der Waals surface area (Å²) < 4.78 is 5.19. The second kappa shape index (κ2) is 9.75. The van der Waals surface area contributed by atoms with Gasteiger partial charge in [0, 0.05) is 31.1 Å². The quantitative estimate of drug-likeness (QED) is 0.744. The molecule has 0 spiro atoms. The van der Waals surface area contributed by atoms with Crippen molar-refractivity contribution >= 4 is 35.0 Å². The smallest absolute Gasteiger partial charge is 0.254 e. The Balaban J connectivity index is 1.97. The fraction of sp³-hybridized carbons (Fsp3) is 0.250. The molecule has 0 aliphatic heterocycles. The molecule has 0 saturated heterocycles. The van der Waals surface area contributed by atoms with Gasteiger partial charge in [0.1, 0.15) is 5.75 Å². The zero-order valence-corrected chi connectivity index (χ0v) is 16.7. The summed E-state index contributed by atoms with van der Waals surface area (Å²) in [6.45, 7) is 1.70. The predicted octanol–water partition coefficient (Wildman–Crippen LogP) is 2.70. The van der Waals surface area contributed by atoms with Crippen LogP contribution in [0, 0.1) is 0 Å². The van der Waals surface area contributed by atoms with Crippen molar-refractivity contribution < 1.29 is 19.1 Å². The van der Waals surface area contributed by atoms with Crippen LogP contribution in [0.2, 0.25) is 5.02 Å². The number of nitrogens with one attached hydrogen (secondary N) is 2. The lowest BCUT2D eigenvalue weighted by atomic mass is 10.1. The molecule has 8 heteroatoms. The molecule has 0 heterocycles. The van der Waals surface area contributed by atoms with Crippen LogP contribution in [0.25, 0.3) is 0 Å². The summed E-state index contributed by atoms with van der Waals surface area (Å²) in [7, 11) is 3.03. The van der Waals surface area contributed by atoms with Gasteiger partial charge in [-0.25, -0.2) is 0 Å². The van der Waals surface area contributed by atoms with Gasteiger partial charge >= 0.3 is 0 Å². The molecule has 0 bridgehead atoms. The number of halogens is 1. The van der Waals surface area contributed by atoms with Crippen molar-refractivity contribution in [2.24, 2.45) is 0 Å². The van der Waals surface area contributed by atoms with E-state index >= 15 is 0 Å². The Labute approximate surface area is 168 Å². The summed E-state index contributed by atoms with van der Waals surface area (Å²) in [5.41, 5.74) is 1.76. The van der Waals surface area contributed by atoms with E-state index in [4.69, 9.17) is 16.3 Å².